The van der Waals surface area contributed by atoms with E-state index in [4.69, 9.17) is 0 Å². The second-order valence-electron chi connectivity index (χ2n) is 10.9. The topological polar surface area (TPSA) is 103 Å². The highest BCUT2D eigenvalue weighted by Crippen LogP contribution is 2.46. The molecule has 1 aliphatic rings. The van der Waals surface area contributed by atoms with E-state index in [-0.39, 0.29) is 55.4 Å². The molecule has 1 amide bonds. The van der Waals surface area contributed by atoms with Crippen LogP contribution in [0.15, 0.2) is 36.4 Å². The van der Waals surface area contributed by atoms with Crippen molar-refractivity contribution in [2.75, 3.05) is 16.9 Å². The summed E-state index contributed by atoms with van der Waals surface area (Å²) >= 11 is 0. The second-order valence-corrected chi connectivity index (χ2v) is 10.9. The van der Waals surface area contributed by atoms with Crippen molar-refractivity contribution in [1.82, 2.24) is 20.2 Å². The van der Waals surface area contributed by atoms with Gasteiger partial charge in [0.05, 0.1) is 31.3 Å². The molecule has 1 aromatic heterocycles. The number of esters is 1. The minimum absolute atomic E-state index is 0.0259. The number of rotatable bonds is 10. The molecular weight excluding hydrogens is 667 g/mol. The van der Waals surface area contributed by atoms with E-state index in [0.717, 1.165) is 16.9 Å². The third kappa shape index (κ3) is 8.66. The van der Waals surface area contributed by atoms with Crippen LogP contribution < -0.4 is 14.5 Å². The lowest BCUT2D eigenvalue weighted by molar-refractivity contribution is -0.274. The molecule has 4 rings (SSSR count). The molecule has 262 valence electrons. The van der Waals surface area contributed by atoms with Gasteiger partial charge in [0.1, 0.15) is 5.75 Å². The van der Waals surface area contributed by atoms with Gasteiger partial charge in [-0.1, -0.05) is 12.0 Å². The maximum absolute atomic E-state index is 13.7. The quantitative estimate of drug-likeness (QED) is 0.170. The molecule has 19 heteroatoms. The van der Waals surface area contributed by atoms with Crippen molar-refractivity contribution in [3.8, 4) is 5.75 Å². The van der Waals surface area contributed by atoms with Gasteiger partial charge >= 0.3 is 24.7 Å². The van der Waals surface area contributed by atoms with Crippen LogP contribution in [-0.2, 0) is 40.3 Å². The van der Waals surface area contributed by atoms with Gasteiger partial charge in [-0.15, -0.1) is 18.3 Å². The van der Waals surface area contributed by atoms with Crippen LogP contribution in [0, 0.1) is 0 Å². The van der Waals surface area contributed by atoms with Crippen LogP contribution in [0.4, 0.5) is 51.1 Å². The molecular formula is C29H29F9N6O4. The average Bonchev–Trinajstić information content (AvgIpc) is 3.42. The Labute approximate surface area is 267 Å². The van der Waals surface area contributed by atoms with Crippen LogP contribution in [0.5, 0.6) is 5.75 Å². The van der Waals surface area contributed by atoms with E-state index in [2.05, 4.69) is 24.9 Å². The summed E-state index contributed by atoms with van der Waals surface area (Å²) in [4.78, 5) is 28.7. The van der Waals surface area contributed by atoms with Crippen LogP contribution in [0.2, 0.25) is 0 Å². The van der Waals surface area contributed by atoms with Gasteiger partial charge in [-0.3, -0.25) is 9.59 Å². The minimum atomic E-state index is -5.14. The Morgan fingerprint density at radius 1 is 0.958 bits per heavy atom. The highest BCUT2D eigenvalue weighted by molar-refractivity contribution is 5.96. The SMILES string of the molecule is CC[C@@H]1C[C@H](N(Cc2cc(C(F)(F)F)cc(C(F)(F)F)c2)c2nnn(C)n2)c2cc(OC(F)(F)F)ccc2N1C(=O)CCCC(=O)OC. The second kappa shape index (κ2) is 13.9. The molecule has 0 fully saturated rings. The fourth-order valence-corrected chi connectivity index (χ4v) is 5.51. The molecule has 0 bridgehead atoms. The van der Waals surface area contributed by atoms with E-state index in [1.807, 2.05) is 0 Å². The Morgan fingerprint density at radius 2 is 1.60 bits per heavy atom. The van der Waals surface area contributed by atoms with Gasteiger partial charge in [0, 0.05) is 36.7 Å². The van der Waals surface area contributed by atoms with Crippen molar-refractivity contribution in [1.29, 1.82) is 0 Å². The Balaban J connectivity index is 1.87. The lowest BCUT2D eigenvalue weighted by atomic mass is 9.87. The van der Waals surface area contributed by atoms with Crippen LogP contribution in [0.1, 0.15) is 67.3 Å². The Bertz CT molecular complexity index is 1590. The first-order valence-corrected chi connectivity index (χ1v) is 14.4. The van der Waals surface area contributed by atoms with E-state index in [0.29, 0.717) is 12.1 Å². The number of halogens is 9. The van der Waals surface area contributed by atoms with E-state index in [1.165, 1.54) is 30.0 Å². The van der Waals surface area contributed by atoms with Gasteiger partial charge in [0.2, 0.25) is 5.91 Å². The minimum Gasteiger partial charge on any atom is -0.469 e. The number of alkyl halides is 9. The lowest BCUT2D eigenvalue weighted by Gasteiger charge is -2.44. The molecule has 0 saturated carbocycles. The zero-order valence-electron chi connectivity index (χ0n) is 25.6. The highest BCUT2D eigenvalue weighted by atomic mass is 19.4. The first-order valence-electron chi connectivity index (χ1n) is 14.4. The molecule has 0 radical (unpaired) electrons. The lowest BCUT2D eigenvalue weighted by Crippen LogP contribution is -2.47. The monoisotopic (exact) mass is 696 g/mol. The molecule has 0 unspecified atom stereocenters. The summed E-state index contributed by atoms with van der Waals surface area (Å²) < 4.78 is 131. The molecule has 2 atom stereocenters. The van der Waals surface area contributed by atoms with Gasteiger partial charge in [0.15, 0.2) is 0 Å². The number of amides is 1. The number of carbonyl (C=O) groups excluding carboxylic acids is 2. The summed E-state index contributed by atoms with van der Waals surface area (Å²) in [6.45, 7) is 1.05. The summed E-state index contributed by atoms with van der Waals surface area (Å²) in [5.41, 5.74) is -3.45. The Hall–Kier alpha value is -4.58. The molecule has 2 aromatic carbocycles. The fourth-order valence-electron chi connectivity index (χ4n) is 5.51. The molecule has 10 nitrogen and oxygen atoms in total. The molecule has 3 aromatic rings. The third-order valence-electron chi connectivity index (χ3n) is 7.58. The van der Waals surface area contributed by atoms with Crippen molar-refractivity contribution < 1.29 is 58.6 Å². The van der Waals surface area contributed by atoms with E-state index < -0.39 is 71.7 Å². The third-order valence-corrected chi connectivity index (χ3v) is 7.58. The fraction of sp³-hybridized carbons (Fsp3) is 0.483. The van der Waals surface area contributed by atoms with Gasteiger partial charge in [-0.25, -0.2) is 0 Å². The van der Waals surface area contributed by atoms with Crippen molar-refractivity contribution in [2.45, 2.75) is 76.4 Å². The number of methoxy groups -OCH3 is 1. The number of aromatic nitrogens is 4. The van der Waals surface area contributed by atoms with Crippen molar-refractivity contribution in [2.24, 2.45) is 7.05 Å². The van der Waals surface area contributed by atoms with Gasteiger partial charge in [-0.05, 0) is 66.4 Å². The van der Waals surface area contributed by atoms with Gasteiger partial charge in [0.25, 0.3) is 5.95 Å². The van der Waals surface area contributed by atoms with Gasteiger partial charge in [-0.2, -0.15) is 31.1 Å². The number of hydrogen-bond acceptors (Lipinski definition) is 8. The number of benzene rings is 2. The zero-order valence-corrected chi connectivity index (χ0v) is 25.6. The van der Waals surface area contributed by atoms with Crippen molar-refractivity contribution in [3.63, 3.8) is 0 Å². The zero-order chi connectivity index (χ0) is 35.6. The number of fused-ring (bicyclic) bond motifs is 1. The predicted molar refractivity (Wildman–Crippen MR) is 149 cm³/mol. The summed E-state index contributed by atoms with van der Waals surface area (Å²) in [6.07, 6.45) is -15.3. The normalized spacial score (nSPS) is 16.8. The number of anilines is 2. The molecule has 1 aliphatic heterocycles. The van der Waals surface area contributed by atoms with Crippen LogP contribution >= 0.6 is 0 Å². The maximum Gasteiger partial charge on any atom is 0.573 e. The Morgan fingerprint density at radius 3 is 2.12 bits per heavy atom. The highest BCUT2D eigenvalue weighted by Gasteiger charge is 2.41. The van der Waals surface area contributed by atoms with Gasteiger partial charge < -0.3 is 19.3 Å². The number of hydrogen-bond donors (Lipinski definition) is 0. The van der Waals surface area contributed by atoms with Crippen LogP contribution in [0.25, 0.3) is 0 Å². The van der Waals surface area contributed by atoms with E-state index >= 15 is 0 Å². The number of ether oxygens (including phenoxy) is 2. The largest absolute Gasteiger partial charge is 0.573 e. The molecule has 0 N–H and O–H groups in total. The average molecular weight is 697 g/mol. The number of carbonyl (C=O) groups is 2. The number of aryl methyl sites for hydroxylation is 1. The van der Waals surface area contributed by atoms with E-state index in [9.17, 15) is 49.1 Å². The Kier molecular flexibility index (Phi) is 10.5. The molecule has 0 aliphatic carbocycles. The molecule has 0 spiro atoms. The molecule has 0 saturated heterocycles. The van der Waals surface area contributed by atoms with E-state index in [1.54, 1.807) is 6.92 Å². The van der Waals surface area contributed by atoms with Crippen molar-refractivity contribution in [3.05, 3.63) is 58.7 Å². The molecule has 2 heterocycles. The van der Waals surface area contributed by atoms with Crippen LogP contribution in [-0.4, -0.2) is 51.6 Å². The van der Waals surface area contributed by atoms with Crippen LogP contribution in [0.3, 0.4) is 0 Å². The summed E-state index contributed by atoms with van der Waals surface area (Å²) in [5.74, 6) is -1.98. The predicted octanol–water partition coefficient (Wildman–Crippen LogP) is 6.75. The smallest absolute Gasteiger partial charge is 0.469 e. The standard InChI is InChI=1S/C29H29F9N6O4/c1-4-19-13-23(21-14-20(48-29(36,37)38)8-9-22(21)44(19)24(45)6-5-7-25(46)47-3)43(26-39-41-42(2)40-26)15-16-10-17(27(30,31)32)12-18(11-16)28(33,34)35/h8-12,14,19,23H,4-7,13,15H2,1-3H3/t19-,23+/m1/s1. The summed E-state index contributed by atoms with van der Waals surface area (Å²) in [6, 6.07) is 2.44. The molecule has 48 heavy (non-hydrogen) atoms. The first-order chi connectivity index (χ1) is 22.3. The summed E-state index contributed by atoms with van der Waals surface area (Å²) in [7, 11) is 2.54. The summed E-state index contributed by atoms with van der Waals surface area (Å²) in [5, 5.41) is 11.7. The first kappa shape index (κ1) is 36.3. The number of nitrogens with zero attached hydrogens (tertiary/aromatic N) is 6. The van der Waals surface area contributed by atoms with Crippen molar-refractivity contribution >= 4 is 23.5 Å². The number of tetrazole rings is 1. The maximum atomic E-state index is 13.7.